The van der Waals surface area contributed by atoms with Crippen molar-refractivity contribution in [2.24, 2.45) is 0 Å². The van der Waals surface area contributed by atoms with Gasteiger partial charge in [-0.15, -0.1) is 0 Å². The number of hydrogen-bond donors (Lipinski definition) is 1. The maximum absolute atomic E-state index is 12.4. The smallest absolute Gasteiger partial charge is 0.273 e. The number of benzene rings is 1. The largest absolute Gasteiger partial charge is 0.496 e. The van der Waals surface area contributed by atoms with Crippen molar-refractivity contribution < 1.29 is 18.7 Å². The molecule has 1 amide bonds. The molecule has 1 aromatic carbocycles. The first-order valence-corrected chi connectivity index (χ1v) is 11.0. The van der Waals surface area contributed by atoms with Gasteiger partial charge < -0.3 is 19.2 Å². The number of nitrogens with one attached hydrogen (secondary N) is 1. The van der Waals surface area contributed by atoms with Crippen molar-refractivity contribution in [2.75, 3.05) is 46.5 Å². The van der Waals surface area contributed by atoms with Gasteiger partial charge in [0, 0.05) is 44.3 Å². The molecule has 0 bridgehead atoms. The third-order valence-electron chi connectivity index (χ3n) is 5.72. The van der Waals surface area contributed by atoms with E-state index >= 15 is 0 Å². The Bertz CT molecular complexity index is 819. The molecule has 0 aliphatic carbocycles. The second-order valence-corrected chi connectivity index (χ2v) is 7.81. The van der Waals surface area contributed by atoms with Gasteiger partial charge >= 0.3 is 0 Å². The highest BCUT2D eigenvalue weighted by molar-refractivity contribution is 5.91. The monoisotopic (exact) mass is 430 g/mol. The molecule has 3 rings (SSSR count). The standard InChI is InChI=1S/C23H34N4O4/c1-4-18(2)27(15-19-7-5-6-8-21(19)29-3)16-22-25-20(17-31-22)23(28)24-9-10-26-11-13-30-14-12-26/h5-8,17-18H,4,9-16H2,1-3H3,(H,24,28). The lowest BCUT2D eigenvalue weighted by molar-refractivity contribution is 0.0383. The summed E-state index contributed by atoms with van der Waals surface area (Å²) in [7, 11) is 1.68. The number of aromatic nitrogens is 1. The lowest BCUT2D eigenvalue weighted by Crippen LogP contribution is -2.41. The van der Waals surface area contributed by atoms with Crippen LogP contribution in [0.2, 0.25) is 0 Å². The van der Waals surface area contributed by atoms with Crippen molar-refractivity contribution in [3.63, 3.8) is 0 Å². The highest BCUT2D eigenvalue weighted by atomic mass is 16.5. The number of nitrogens with zero attached hydrogens (tertiary/aromatic N) is 3. The highest BCUT2D eigenvalue weighted by Crippen LogP contribution is 2.22. The van der Waals surface area contributed by atoms with E-state index in [9.17, 15) is 4.79 Å². The average molecular weight is 431 g/mol. The van der Waals surface area contributed by atoms with E-state index in [1.807, 2.05) is 18.2 Å². The van der Waals surface area contributed by atoms with Crippen molar-refractivity contribution in [2.45, 2.75) is 39.4 Å². The normalized spacial score (nSPS) is 15.7. The van der Waals surface area contributed by atoms with Gasteiger partial charge in [-0.25, -0.2) is 4.98 Å². The summed E-state index contributed by atoms with van der Waals surface area (Å²) in [6, 6.07) is 8.33. The number of para-hydroxylation sites is 1. The van der Waals surface area contributed by atoms with Crippen LogP contribution in [0.3, 0.4) is 0 Å². The number of amides is 1. The summed E-state index contributed by atoms with van der Waals surface area (Å²) in [4.78, 5) is 21.4. The van der Waals surface area contributed by atoms with Gasteiger partial charge in [-0.05, 0) is 19.4 Å². The first-order chi connectivity index (χ1) is 15.1. The summed E-state index contributed by atoms with van der Waals surface area (Å²) in [5.74, 6) is 1.19. The Kier molecular flexibility index (Phi) is 8.87. The number of hydrogen-bond acceptors (Lipinski definition) is 7. The van der Waals surface area contributed by atoms with Crippen LogP contribution in [0.4, 0.5) is 0 Å². The van der Waals surface area contributed by atoms with Crippen LogP contribution in [-0.2, 0) is 17.8 Å². The Morgan fingerprint density at radius 3 is 2.81 bits per heavy atom. The summed E-state index contributed by atoms with van der Waals surface area (Å²) in [5.41, 5.74) is 1.43. The van der Waals surface area contributed by atoms with Gasteiger partial charge in [-0.3, -0.25) is 14.6 Å². The Hall–Kier alpha value is -2.42. The maximum Gasteiger partial charge on any atom is 0.273 e. The number of rotatable bonds is 11. The van der Waals surface area contributed by atoms with Crippen molar-refractivity contribution >= 4 is 5.91 Å². The zero-order valence-corrected chi connectivity index (χ0v) is 18.8. The molecule has 1 aromatic heterocycles. The van der Waals surface area contributed by atoms with Gasteiger partial charge in [0.2, 0.25) is 5.89 Å². The summed E-state index contributed by atoms with van der Waals surface area (Å²) >= 11 is 0. The molecule has 0 saturated carbocycles. The molecule has 31 heavy (non-hydrogen) atoms. The lowest BCUT2D eigenvalue weighted by Gasteiger charge is -2.27. The number of morpholine rings is 1. The Morgan fingerprint density at radius 1 is 1.29 bits per heavy atom. The van der Waals surface area contributed by atoms with Gasteiger partial charge in [-0.1, -0.05) is 25.1 Å². The van der Waals surface area contributed by atoms with Crippen LogP contribution >= 0.6 is 0 Å². The molecule has 2 heterocycles. The van der Waals surface area contributed by atoms with Crippen LogP contribution in [-0.4, -0.2) is 73.2 Å². The summed E-state index contributed by atoms with van der Waals surface area (Å²) < 4.78 is 16.5. The maximum atomic E-state index is 12.4. The predicted octanol–water partition coefficient (Wildman–Crippen LogP) is 2.55. The quantitative estimate of drug-likeness (QED) is 0.587. The Morgan fingerprint density at radius 2 is 2.06 bits per heavy atom. The predicted molar refractivity (Wildman–Crippen MR) is 118 cm³/mol. The van der Waals surface area contributed by atoms with E-state index in [-0.39, 0.29) is 5.91 Å². The lowest BCUT2D eigenvalue weighted by atomic mass is 10.1. The van der Waals surface area contributed by atoms with E-state index in [1.54, 1.807) is 7.11 Å². The molecule has 1 atom stereocenters. The number of ether oxygens (including phenoxy) is 2. The van der Waals surface area contributed by atoms with Crippen LogP contribution in [0, 0.1) is 0 Å². The molecular formula is C23H34N4O4. The van der Waals surface area contributed by atoms with Crippen LogP contribution in [0.5, 0.6) is 5.75 Å². The number of carbonyl (C=O) groups is 1. The van der Waals surface area contributed by atoms with Gasteiger partial charge in [-0.2, -0.15) is 0 Å². The Labute approximate surface area is 184 Å². The van der Waals surface area contributed by atoms with Crippen molar-refractivity contribution in [3.8, 4) is 5.75 Å². The van der Waals surface area contributed by atoms with Crippen molar-refractivity contribution in [1.82, 2.24) is 20.1 Å². The van der Waals surface area contributed by atoms with Crippen LogP contribution in [0.15, 0.2) is 34.9 Å². The fourth-order valence-corrected chi connectivity index (χ4v) is 3.58. The second kappa shape index (κ2) is 11.8. The first kappa shape index (κ1) is 23.2. The summed E-state index contributed by atoms with van der Waals surface area (Å²) in [6.07, 6.45) is 2.43. The molecule has 1 N–H and O–H groups in total. The molecule has 170 valence electrons. The first-order valence-electron chi connectivity index (χ1n) is 11.0. The minimum atomic E-state index is -0.205. The SMILES string of the molecule is CCC(C)N(Cc1nc(C(=O)NCCN2CCOCC2)co1)Cc1ccccc1OC. The fraction of sp³-hybridized carbons (Fsp3) is 0.565. The van der Waals surface area contributed by atoms with Gasteiger partial charge in [0.05, 0.1) is 26.9 Å². The zero-order chi connectivity index (χ0) is 22.1. The molecular weight excluding hydrogens is 396 g/mol. The van der Waals surface area contributed by atoms with Crippen LogP contribution < -0.4 is 10.1 Å². The molecule has 1 aliphatic rings. The third-order valence-corrected chi connectivity index (χ3v) is 5.72. The van der Waals surface area contributed by atoms with Gasteiger partial charge in [0.25, 0.3) is 5.91 Å². The van der Waals surface area contributed by atoms with E-state index in [2.05, 4.69) is 40.0 Å². The molecule has 2 aromatic rings. The fourth-order valence-electron chi connectivity index (χ4n) is 3.58. The minimum absolute atomic E-state index is 0.205. The molecule has 0 spiro atoms. The van der Waals surface area contributed by atoms with E-state index in [0.717, 1.165) is 50.6 Å². The van der Waals surface area contributed by atoms with Gasteiger partial charge in [0.15, 0.2) is 5.69 Å². The van der Waals surface area contributed by atoms with Crippen molar-refractivity contribution in [3.05, 3.63) is 47.7 Å². The molecule has 8 nitrogen and oxygen atoms in total. The third kappa shape index (κ3) is 6.78. The number of carbonyl (C=O) groups excluding carboxylic acids is 1. The number of methoxy groups -OCH3 is 1. The Balaban J connectivity index is 1.56. The van der Waals surface area contributed by atoms with E-state index in [0.29, 0.717) is 37.3 Å². The number of oxazole rings is 1. The van der Waals surface area contributed by atoms with Gasteiger partial charge in [0.1, 0.15) is 12.0 Å². The molecule has 1 fully saturated rings. The molecule has 0 radical (unpaired) electrons. The molecule has 1 unspecified atom stereocenters. The summed E-state index contributed by atoms with van der Waals surface area (Å²) in [5, 5.41) is 2.93. The molecule has 1 aliphatic heterocycles. The van der Waals surface area contributed by atoms with Crippen LogP contribution in [0.1, 0.15) is 42.2 Å². The van der Waals surface area contributed by atoms with Crippen LogP contribution in [0.25, 0.3) is 0 Å². The minimum Gasteiger partial charge on any atom is -0.496 e. The van der Waals surface area contributed by atoms with E-state index in [1.165, 1.54) is 6.26 Å². The second-order valence-electron chi connectivity index (χ2n) is 7.81. The van der Waals surface area contributed by atoms with Crippen molar-refractivity contribution in [1.29, 1.82) is 0 Å². The van der Waals surface area contributed by atoms with E-state index in [4.69, 9.17) is 13.9 Å². The topological polar surface area (TPSA) is 80.1 Å². The highest BCUT2D eigenvalue weighted by Gasteiger charge is 2.20. The van der Waals surface area contributed by atoms with E-state index < -0.39 is 0 Å². The molecule has 8 heteroatoms. The zero-order valence-electron chi connectivity index (χ0n) is 18.8. The summed E-state index contributed by atoms with van der Waals surface area (Å²) in [6.45, 7) is 10.3. The molecule has 1 saturated heterocycles. The average Bonchev–Trinajstić information content (AvgIpc) is 3.28.